The third-order valence-electron chi connectivity index (χ3n) is 2.02. The van der Waals surface area contributed by atoms with Gasteiger partial charge in [0.15, 0.2) is 0 Å². The molecule has 0 bridgehead atoms. The maximum absolute atomic E-state index is 4.84. The van der Waals surface area contributed by atoms with E-state index in [1.54, 1.807) is 0 Å². The van der Waals surface area contributed by atoms with Crippen molar-refractivity contribution < 1.29 is 0 Å². The summed E-state index contributed by atoms with van der Waals surface area (Å²) in [7, 11) is -0.0761. The van der Waals surface area contributed by atoms with Crippen molar-refractivity contribution in [1.29, 1.82) is 0 Å². The third-order valence-corrected chi connectivity index (χ3v) is 3.71. The zero-order valence-electron chi connectivity index (χ0n) is 9.80. The zero-order chi connectivity index (χ0) is 10.3. The Hall–Kier alpha value is 0.100. The fourth-order valence-corrected chi connectivity index (χ4v) is 2.82. The van der Waals surface area contributed by atoms with Crippen molar-refractivity contribution in [2.75, 3.05) is 12.8 Å². The van der Waals surface area contributed by atoms with E-state index in [9.17, 15) is 0 Å². The first-order chi connectivity index (χ1) is 6.11. The molecule has 0 saturated carbocycles. The molecule has 78 valence electrons. The lowest BCUT2D eigenvalue weighted by molar-refractivity contribution is 0.832. The summed E-state index contributed by atoms with van der Waals surface area (Å²) in [5.41, 5.74) is 1.43. The molecule has 0 rings (SSSR count). The molecule has 0 aliphatic rings. The minimum Gasteiger partial charge on any atom is -0.271 e. The summed E-state index contributed by atoms with van der Waals surface area (Å²) in [5.74, 6) is 0.641. The maximum Gasteiger partial charge on any atom is 0.0193 e. The molecule has 0 aromatic heterocycles. The quantitative estimate of drug-likeness (QED) is 0.448. The summed E-state index contributed by atoms with van der Waals surface area (Å²) in [6.07, 6.45) is 4.97. The van der Waals surface area contributed by atoms with Crippen LogP contribution in [0.4, 0.5) is 0 Å². The van der Waals surface area contributed by atoms with E-state index >= 15 is 0 Å². The van der Waals surface area contributed by atoms with E-state index in [1.165, 1.54) is 31.1 Å². The van der Waals surface area contributed by atoms with Gasteiger partial charge in [-0.15, -0.1) is 0 Å². The minimum absolute atomic E-state index is 0.0761. The fourth-order valence-electron chi connectivity index (χ4n) is 1.30. The lowest BCUT2D eigenvalue weighted by Crippen LogP contribution is -2.06. The maximum atomic E-state index is 4.84. The molecule has 0 aliphatic heterocycles. The largest absolute Gasteiger partial charge is 0.271 e. The van der Waals surface area contributed by atoms with E-state index in [0.29, 0.717) is 5.92 Å². The second kappa shape index (κ2) is 7.50. The van der Waals surface area contributed by atoms with Gasteiger partial charge in [-0.3, -0.25) is 4.76 Å². The molecular formula is C11H24NP. The van der Waals surface area contributed by atoms with Gasteiger partial charge in [0, 0.05) is 13.8 Å². The Bertz CT molecular complexity index is 152. The van der Waals surface area contributed by atoms with Crippen molar-refractivity contribution in [3.05, 3.63) is 0 Å². The van der Waals surface area contributed by atoms with E-state index in [1.807, 2.05) is 0 Å². The van der Waals surface area contributed by atoms with Crippen LogP contribution in [0.15, 0.2) is 4.76 Å². The molecule has 0 fully saturated rings. The molecule has 2 heteroatoms. The van der Waals surface area contributed by atoms with Crippen molar-refractivity contribution in [2.24, 2.45) is 10.7 Å². The molecule has 0 heterocycles. The van der Waals surface area contributed by atoms with Gasteiger partial charge in [-0.2, -0.15) is 0 Å². The predicted octanol–water partition coefficient (Wildman–Crippen LogP) is 4.32. The van der Waals surface area contributed by atoms with Gasteiger partial charge < -0.3 is 0 Å². The number of hydrogen-bond acceptors (Lipinski definition) is 1. The van der Waals surface area contributed by atoms with E-state index in [0.717, 1.165) is 0 Å². The SMILES string of the molecule is CCC/C(=N\P(C)CCC)C(C)C. The lowest BCUT2D eigenvalue weighted by atomic mass is 10.0. The topological polar surface area (TPSA) is 12.4 Å². The number of nitrogens with zero attached hydrogens (tertiary/aromatic N) is 1. The predicted molar refractivity (Wildman–Crippen MR) is 65.2 cm³/mol. The van der Waals surface area contributed by atoms with E-state index in [4.69, 9.17) is 4.76 Å². The standard InChI is InChI=1S/C11H24NP/c1-6-8-11(10(3)4)12-13(5)9-7-2/h10H,6-9H2,1-5H3/b12-11+. The Kier molecular flexibility index (Phi) is 7.56. The first-order valence-corrected chi connectivity index (χ1v) is 7.33. The van der Waals surface area contributed by atoms with Crippen LogP contribution in [0.1, 0.15) is 47.0 Å². The van der Waals surface area contributed by atoms with Gasteiger partial charge in [-0.25, -0.2) is 0 Å². The van der Waals surface area contributed by atoms with E-state index < -0.39 is 0 Å². The number of hydrogen-bond donors (Lipinski definition) is 0. The first kappa shape index (κ1) is 13.1. The van der Waals surface area contributed by atoms with Crippen LogP contribution < -0.4 is 0 Å². The smallest absolute Gasteiger partial charge is 0.0193 e. The van der Waals surface area contributed by atoms with Crippen molar-refractivity contribution in [3.8, 4) is 0 Å². The molecule has 0 radical (unpaired) electrons. The van der Waals surface area contributed by atoms with Gasteiger partial charge in [0.05, 0.1) is 0 Å². The van der Waals surface area contributed by atoms with Crippen LogP contribution in [0.25, 0.3) is 0 Å². The summed E-state index contributed by atoms with van der Waals surface area (Å²) < 4.78 is 4.84. The van der Waals surface area contributed by atoms with Crippen LogP contribution in [0.2, 0.25) is 0 Å². The van der Waals surface area contributed by atoms with Gasteiger partial charge in [-0.1, -0.05) is 40.5 Å². The molecule has 0 aromatic carbocycles. The Labute approximate surface area is 84.8 Å². The first-order valence-electron chi connectivity index (χ1n) is 5.40. The highest BCUT2D eigenvalue weighted by Gasteiger charge is 2.05. The molecule has 13 heavy (non-hydrogen) atoms. The van der Waals surface area contributed by atoms with Crippen LogP contribution in [-0.4, -0.2) is 18.5 Å². The molecular weight excluding hydrogens is 177 g/mol. The summed E-state index contributed by atoms with van der Waals surface area (Å²) >= 11 is 0. The second-order valence-electron chi connectivity index (χ2n) is 3.88. The van der Waals surface area contributed by atoms with E-state index in [2.05, 4.69) is 34.4 Å². The molecule has 0 N–H and O–H groups in total. The second-order valence-corrected chi connectivity index (χ2v) is 5.84. The fraction of sp³-hybridized carbons (Fsp3) is 0.909. The van der Waals surface area contributed by atoms with Crippen molar-refractivity contribution in [1.82, 2.24) is 0 Å². The Morgan fingerprint density at radius 2 is 1.85 bits per heavy atom. The summed E-state index contributed by atoms with van der Waals surface area (Å²) in [6, 6.07) is 0. The Morgan fingerprint density at radius 1 is 1.23 bits per heavy atom. The summed E-state index contributed by atoms with van der Waals surface area (Å²) in [4.78, 5) is 0. The van der Waals surface area contributed by atoms with Gasteiger partial charge in [0.1, 0.15) is 0 Å². The van der Waals surface area contributed by atoms with E-state index in [-0.39, 0.29) is 8.07 Å². The summed E-state index contributed by atoms with van der Waals surface area (Å²) in [6.45, 7) is 11.3. The van der Waals surface area contributed by atoms with Crippen molar-refractivity contribution >= 4 is 13.8 Å². The molecule has 0 spiro atoms. The van der Waals surface area contributed by atoms with Crippen LogP contribution >= 0.6 is 8.07 Å². The average molecular weight is 201 g/mol. The highest BCUT2D eigenvalue weighted by Crippen LogP contribution is 2.34. The molecule has 1 unspecified atom stereocenters. The molecule has 0 saturated heterocycles. The van der Waals surface area contributed by atoms with Crippen LogP contribution in [-0.2, 0) is 0 Å². The summed E-state index contributed by atoms with van der Waals surface area (Å²) in [5, 5.41) is 0. The van der Waals surface area contributed by atoms with Crippen molar-refractivity contribution in [2.45, 2.75) is 47.0 Å². The third kappa shape index (κ3) is 6.21. The van der Waals surface area contributed by atoms with Crippen molar-refractivity contribution in [3.63, 3.8) is 0 Å². The van der Waals surface area contributed by atoms with Crippen LogP contribution in [0.3, 0.4) is 0 Å². The number of rotatable bonds is 6. The monoisotopic (exact) mass is 201 g/mol. The van der Waals surface area contributed by atoms with Crippen LogP contribution in [0, 0.1) is 5.92 Å². The Balaban J connectivity index is 4.16. The Morgan fingerprint density at radius 3 is 2.23 bits per heavy atom. The zero-order valence-corrected chi connectivity index (χ0v) is 10.7. The van der Waals surface area contributed by atoms with Gasteiger partial charge in [0.25, 0.3) is 0 Å². The highest BCUT2D eigenvalue weighted by molar-refractivity contribution is 7.55. The molecule has 0 amide bonds. The molecule has 0 aliphatic carbocycles. The minimum atomic E-state index is -0.0761. The van der Waals surface area contributed by atoms with Crippen LogP contribution in [0.5, 0.6) is 0 Å². The highest BCUT2D eigenvalue weighted by atomic mass is 31.1. The average Bonchev–Trinajstić information content (AvgIpc) is 2.04. The van der Waals surface area contributed by atoms with Gasteiger partial charge in [-0.05, 0) is 25.2 Å². The molecule has 1 atom stereocenters. The van der Waals surface area contributed by atoms with Gasteiger partial charge >= 0.3 is 0 Å². The lowest BCUT2D eigenvalue weighted by Gasteiger charge is -2.12. The molecule has 1 nitrogen and oxygen atoms in total. The molecule has 0 aromatic rings. The normalized spacial score (nSPS) is 15.1. The van der Waals surface area contributed by atoms with Gasteiger partial charge in [0.2, 0.25) is 0 Å².